The van der Waals surface area contributed by atoms with Gasteiger partial charge in [0.1, 0.15) is 7.85 Å². The van der Waals surface area contributed by atoms with Crippen molar-refractivity contribution < 1.29 is 4.79 Å². The zero-order valence-electron chi connectivity index (χ0n) is 7.92. The van der Waals surface area contributed by atoms with Crippen LogP contribution in [-0.4, -0.2) is 13.8 Å². The molecule has 2 nitrogen and oxygen atoms in total. The van der Waals surface area contributed by atoms with Gasteiger partial charge in [-0.2, -0.15) is 0 Å². The molecular weight excluding hydrogens is 161 g/mol. The quantitative estimate of drug-likeness (QED) is 0.645. The van der Waals surface area contributed by atoms with E-state index in [1.54, 1.807) is 0 Å². The Labute approximate surface area is 79.8 Å². The molecule has 0 aliphatic rings. The van der Waals surface area contributed by atoms with Crippen LogP contribution in [0.4, 0.5) is 0 Å². The molecule has 0 atom stereocenters. The van der Waals surface area contributed by atoms with E-state index in [9.17, 15) is 4.79 Å². The largest absolute Gasteiger partial charge is 0.352 e. The first kappa shape index (κ1) is 9.84. The van der Waals surface area contributed by atoms with Crippen molar-refractivity contribution in [1.82, 2.24) is 5.32 Å². The number of benzene rings is 1. The average Bonchev–Trinajstić information content (AvgIpc) is 2.02. The Morgan fingerprint density at radius 2 is 2.23 bits per heavy atom. The van der Waals surface area contributed by atoms with Crippen LogP contribution in [0.25, 0.3) is 0 Å². The van der Waals surface area contributed by atoms with Gasteiger partial charge in [-0.25, -0.2) is 0 Å². The van der Waals surface area contributed by atoms with Crippen molar-refractivity contribution in [2.75, 3.05) is 0 Å². The summed E-state index contributed by atoms with van der Waals surface area (Å²) in [6.07, 6.45) is 0. The smallest absolute Gasteiger partial charge is 0.217 e. The summed E-state index contributed by atoms with van der Waals surface area (Å²) < 4.78 is 0. The summed E-state index contributed by atoms with van der Waals surface area (Å²) in [5, 5.41) is 2.74. The fourth-order valence-electron chi connectivity index (χ4n) is 1.14. The Morgan fingerprint density at radius 3 is 2.77 bits per heavy atom. The summed E-state index contributed by atoms with van der Waals surface area (Å²) in [6.45, 7) is 4.06. The average molecular weight is 173 g/mol. The van der Waals surface area contributed by atoms with E-state index in [4.69, 9.17) is 7.85 Å². The van der Waals surface area contributed by atoms with Crippen molar-refractivity contribution in [2.45, 2.75) is 20.4 Å². The zero-order valence-corrected chi connectivity index (χ0v) is 7.92. The van der Waals surface area contributed by atoms with Crippen LogP contribution in [0.15, 0.2) is 18.2 Å². The first-order valence-corrected chi connectivity index (χ1v) is 4.19. The fourth-order valence-corrected chi connectivity index (χ4v) is 1.14. The Hall–Kier alpha value is -1.25. The first-order valence-electron chi connectivity index (χ1n) is 4.19. The number of nitrogens with one attached hydrogen (secondary N) is 1. The Balaban J connectivity index is 2.72. The van der Waals surface area contributed by atoms with Gasteiger partial charge < -0.3 is 5.32 Å². The molecule has 1 N–H and O–H groups in total. The molecule has 0 aliphatic heterocycles. The van der Waals surface area contributed by atoms with Crippen molar-refractivity contribution in [2.24, 2.45) is 0 Å². The molecule has 0 aliphatic carbocycles. The van der Waals surface area contributed by atoms with E-state index in [1.807, 2.05) is 25.1 Å². The van der Waals surface area contributed by atoms with Gasteiger partial charge in [0, 0.05) is 13.5 Å². The topological polar surface area (TPSA) is 29.1 Å². The molecule has 0 aromatic heterocycles. The molecule has 13 heavy (non-hydrogen) atoms. The van der Waals surface area contributed by atoms with Gasteiger partial charge in [0.2, 0.25) is 5.91 Å². The van der Waals surface area contributed by atoms with E-state index >= 15 is 0 Å². The molecule has 0 saturated carbocycles. The van der Waals surface area contributed by atoms with E-state index < -0.39 is 0 Å². The highest BCUT2D eigenvalue weighted by atomic mass is 16.1. The van der Waals surface area contributed by atoms with Crippen molar-refractivity contribution in [3.8, 4) is 0 Å². The number of carbonyl (C=O) groups is 1. The summed E-state index contributed by atoms with van der Waals surface area (Å²) in [6, 6.07) is 5.67. The highest BCUT2D eigenvalue weighted by Gasteiger charge is 1.98. The van der Waals surface area contributed by atoms with Crippen LogP contribution in [0, 0.1) is 6.92 Å². The molecular formula is C10H12BNO. The molecule has 1 amide bonds. The molecule has 0 spiro atoms. The minimum Gasteiger partial charge on any atom is -0.352 e. The number of amides is 1. The highest BCUT2D eigenvalue weighted by molar-refractivity contribution is 6.32. The van der Waals surface area contributed by atoms with E-state index in [0.717, 1.165) is 16.6 Å². The predicted octanol–water partition coefficient (Wildman–Crippen LogP) is 0.425. The van der Waals surface area contributed by atoms with Gasteiger partial charge >= 0.3 is 0 Å². The molecule has 1 aromatic rings. The lowest BCUT2D eigenvalue weighted by atomic mass is 9.92. The normalized spacial score (nSPS) is 9.69. The molecule has 0 unspecified atom stereocenters. The van der Waals surface area contributed by atoms with Crippen LogP contribution in [0.3, 0.4) is 0 Å². The van der Waals surface area contributed by atoms with Crippen molar-refractivity contribution in [3.63, 3.8) is 0 Å². The van der Waals surface area contributed by atoms with Gasteiger partial charge in [0.15, 0.2) is 0 Å². The Kier molecular flexibility index (Phi) is 3.12. The maximum Gasteiger partial charge on any atom is 0.217 e. The summed E-state index contributed by atoms with van der Waals surface area (Å²) in [4.78, 5) is 10.7. The van der Waals surface area contributed by atoms with Crippen LogP contribution in [0.5, 0.6) is 0 Å². The molecule has 3 heteroatoms. The van der Waals surface area contributed by atoms with Crippen LogP contribution in [-0.2, 0) is 11.3 Å². The third-order valence-corrected chi connectivity index (χ3v) is 1.89. The number of hydrogen-bond acceptors (Lipinski definition) is 1. The lowest BCUT2D eigenvalue weighted by molar-refractivity contribution is -0.119. The van der Waals surface area contributed by atoms with E-state index in [0.29, 0.717) is 6.54 Å². The predicted molar refractivity (Wildman–Crippen MR) is 54.1 cm³/mol. The van der Waals surface area contributed by atoms with Gasteiger partial charge in [-0.3, -0.25) is 4.79 Å². The number of aryl methyl sites for hydroxylation is 1. The molecule has 1 rings (SSSR count). The number of rotatable bonds is 2. The molecule has 0 heterocycles. The molecule has 66 valence electrons. The SMILES string of the molecule is [B]c1ccc(CNC(C)=O)c(C)c1. The van der Waals surface area contributed by atoms with Gasteiger partial charge in [0.05, 0.1) is 0 Å². The van der Waals surface area contributed by atoms with E-state index in [-0.39, 0.29) is 5.91 Å². The second kappa shape index (κ2) is 4.12. The van der Waals surface area contributed by atoms with Gasteiger partial charge in [0.25, 0.3) is 0 Å². The maximum absolute atomic E-state index is 10.7. The highest BCUT2D eigenvalue weighted by Crippen LogP contribution is 2.04. The van der Waals surface area contributed by atoms with Gasteiger partial charge in [-0.1, -0.05) is 23.7 Å². The molecule has 1 aromatic carbocycles. The van der Waals surface area contributed by atoms with Gasteiger partial charge in [-0.05, 0) is 18.1 Å². The van der Waals surface area contributed by atoms with Crippen molar-refractivity contribution in [1.29, 1.82) is 0 Å². The number of carbonyl (C=O) groups excluding carboxylic acids is 1. The van der Waals surface area contributed by atoms with Crippen molar-refractivity contribution in [3.05, 3.63) is 29.3 Å². The summed E-state index contributed by atoms with van der Waals surface area (Å²) in [5.74, 6) is -0.0174. The number of hydrogen-bond donors (Lipinski definition) is 1. The van der Waals surface area contributed by atoms with E-state index in [2.05, 4.69) is 5.32 Å². The summed E-state index contributed by atoms with van der Waals surface area (Å²) in [7, 11) is 5.60. The van der Waals surface area contributed by atoms with Crippen LogP contribution >= 0.6 is 0 Å². The lowest BCUT2D eigenvalue weighted by Crippen LogP contribution is -2.20. The Morgan fingerprint density at radius 1 is 1.54 bits per heavy atom. The van der Waals surface area contributed by atoms with Crippen LogP contribution in [0.2, 0.25) is 0 Å². The standard InChI is InChI=1S/C10H12BNO/c1-7-5-10(11)4-3-9(7)6-12-8(2)13/h3-5H,6H2,1-2H3,(H,12,13). The maximum atomic E-state index is 10.7. The first-order chi connectivity index (χ1) is 6.09. The van der Waals surface area contributed by atoms with Gasteiger partial charge in [-0.15, -0.1) is 0 Å². The van der Waals surface area contributed by atoms with E-state index in [1.165, 1.54) is 6.92 Å². The monoisotopic (exact) mass is 173 g/mol. The Bertz CT molecular complexity index is 323. The second-order valence-electron chi connectivity index (χ2n) is 3.10. The molecule has 2 radical (unpaired) electrons. The molecule has 0 fully saturated rings. The minimum absolute atomic E-state index is 0.0174. The van der Waals surface area contributed by atoms with Crippen LogP contribution in [0.1, 0.15) is 18.1 Å². The fraction of sp³-hybridized carbons (Fsp3) is 0.300. The van der Waals surface area contributed by atoms with Crippen LogP contribution < -0.4 is 10.8 Å². The summed E-state index contributed by atoms with van der Waals surface area (Å²) in [5.41, 5.74) is 2.96. The molecule has 0 saturated heterocycles. The molecule has 0 bridgehead atoms. The minimum atomic E-state index is -0.0174. The zero-order chi connectivity index (χ0) is 9.84. The third kappa shape index (κ3) is 2.94. The lowest BCUT2D eigenvalue weighted by Gasteiger charge is -2.06. The third-order valence-electron chi connectivity index (χ3n) is 1.89. The second-order valence-corrected chi connectivity index (χ2v) is 3.10. The van der Waals surface area contributed by atoms with Crippen molar-refractivity contribution >= 4 is 19.2 Å². The summed E-state index contributed by atoms with van der Waals surface area (Å²) >= 11 is 0.